The van der Waals surface area contributed by atoms with Crippen LogP contribution in [-0.4, -0.2) is 16.2 Å². The summed E-state index contributed by atoms with van der Waals surface area (Å²) >= 11 is 3.59. The topological polar surface area (TPSA) is 27.1 Å². The number of benzene rings is 4. The van der Waals surface area contributed by atoms with E-state index >= 15 is 0 Å². The van der Waals surface area contributed by atoms with Gasteiger partial charge >= 0.3 is 0 Å². The van der Waals surface area contributed by atoms with Gasteiger partial charge in [-0.2, -0.15) is 0 Å². The predicted octanol–water partition coefficient (Wildman–Crippen LogP) is 7.48. The van der Waals surface area contributed by atoms with E-state index in [9.17, 15) is 0 Å². The minimum Gasteiger partial charge on any atom is -0.493 e. The van der Waals surface area contributed by atoms with Gasteiger partial charge in [0.2, 0.25) is 0 Å². The van der Waals surface area contributed by atoms with Gasteiger partial charge < -0.3 is 9.30 Å². The molecule has 1 heterocycles. The van der Waals surface area contributed by atoms with Crippen LogP contribution in [0, 0.1) is 0 Å². The van der Waals surface area contributed by atoms with Crippen molar-refractivity contribution in [3.63, 3.8) is 0 Å². The van der Waals surface area contributed by atoms with Crippen molar-refractivity contribution in [2.75, 3.05) is 6.61 Å². The van der Waals surface area contributed by atoms with E-state index in [1.165, 1.54) is 16.3 Å². The molecule has 0 aliphatic carbocycles. The summed E-state index contributed by atoms with van der Waals surface area (Å²) in [5.41, 5.74) is 3.33. The summed E-state index contributed by atoms with van der Waals surface area (Å²) < 4.78 is 9.52. The zero-order chi connectivity index (χ0) is 21.0. The van der Waals surface area contributed by atoms with E-state index in [1.54, 1.807) is 0 Å². The predicted molar refractivity (Wildman–Crippen MR) is 132 cm³/mol. The first kappa shape index (κ1) is 19.8. The SMILES string of the molecule is Brc1cccc(-c2nc3ccccc3n2CCCCOc2cccc3ccccc23)c1. The highest BCUT2D eigenvalue weighted by atomic mass is 79.9. The van der Waals surface area contributed by atoms with Crippen molar-refractivity contribution in [1.82, 2.24) is 9.55 Å². The minimum absolute atomic E-state index is 0.701. The molecule has 1 aromatic heterocycles. The molecule has 0 unspecified atom stereocenters. The number of halogens is 1. The number of aromatic nitrogens is 2. The molecule has 0 N–H and O–H groups in total. The zero-order valence-electron chi connectivity index (χ0n) is 17.2. The van der Waals surface area contributed by atoms with Gasteiger partial charge in [-0.15, -0.1) is 0 Å². The van der Waals surface area contributed by atoms with Crippen molar-refractivity contribution in [3.8, 4) is 17.1 Å². The van der Waals surface area contributed by atoms with Gasteiger partial charge in [0.05, 0.1) is 17.6 Å². The zero-order valence-corrected chi connectivity index (χ0v) is 18.8. The van der Waals surface area contributed by atoms with Gasteiger partial charge in [0.25, 0.3) is 0 Å². The van der Waals surface area contributed by atoms with Crippen LogP contribution in [0.1, 0.15) is 12.8 Å². The Morgan fingerprint density at radius 1 is 0.806 bits per heavy atom. The molecule has 5 rings (SSSR count). The maximum absolute atomic E-state index is 6.13. The summed E-state index contributed by atoms with van der Waals surface area (Å²) in [5, 5.41) is 2.38. The van der Waals surface area contributed by atoms with Crippen molar-refractivity contribution in [2.24, 2.45) is 0 Å². The largest absolute Gasteiger partial charge is 0.493 e. The first-order chi connectivity index (χ1) is 15.3. The number of imidazole rings is 1. The van der Waals surface area contributed by atoms with Crippen molar-refractivity contribution < 1.29 is 4.74 Å². The number of nitrogens with zero attached hydrogens (tertiary/aromatic N) is 2. The molecule has 0 aliphatic heterocycles. The Morgan fingerprint density at radius 3 is 2.55 bits per heavy atom. The number of unbranched alkanes of at least 4 members (excludes halogenated alkanes) is 1. The summed E-state index contributed by atoms with van der Waals surface area (Å²) in [4.78, 5) is 4.92. The fourth-order valence-corrected chi connectivity index (χ4v) is 4.42. The lowest BCUT2D eigenvalue weighted by Crippen LogP contribution is -2.04. The number of fused-ring (bicyclic) bond motifs is 2. The third-order valence-electron chi connectivity index (χ3n) is 5.52. The van der Waals surface area contributed by atoms with E-state index in [1.807, 2.05) is 12.1 Å². The third-order valence-corrected chi connectivity index (χ3v) is 6.01. The molecule has 31 heavy (non-hydrogen) atoms. The van der Waals surface area contributed by atoms with E-state index in [-0.39, 0.29) is 0 Å². The van der Waals surface area contributed by atoms with Crippen LogP contribution in [0.3, 0.4) is 0 Å². The molecule has 0 saturated carbocycles. The van der Waals surface area contributed by atoms with Gasteiger partial charge in [-0.05, 0) is 48.6 Å². The van der Waals surface area contributed by atoms with Crippen LogP contribution in [0.2, 0.25) is 0 Å². The Balaban J connectivity index is 1.30. The molecule has 0 spiro atoms. The summed E-state index contributed by atoms with van der Waals surface area (Å²) in [5.74, 6) is 1.97. The molecule has 5 aromatic rings. The number of rotatable bonds is 7. The molecular formula is C27H23BrN2O. The second-order valence-electron chi connectivity index (χ2n) is 7.62. The van der Waals surface area contributed by atoms with E-state index in [0.717, 1.165) is 46.5 Å². The molecule has 0 bridgehead atoms. The number of ether oxygens (including phenoxy) is 1. The van der Waals surface area contributed by atoms with Gasteiger partial charge in [0.1, 0.15) is 11.6 Å². The molecule has 0 radical (unpaired) electrons. The summed E-state index contributed by atoms with van der Waals surface area (Å²) in [7, 11) is 0. The van der Waals surface area contributed by atoms with Gasteiger partial charge in [-0.25, -0.2) is 4.98 Å². The lowest BCUT2D eigenvalue weighted by molar-refractivity contribution is 0.307. The average Bonchev–Trinajstić information content (AvgIpc) is 3.18. The fraction of sp³-hybridized carbons (Fsp3) is 0.148. The van der Waals surface area contributed by atoms with Crippen LogP contribution in [0.25, 0.3) is 33.2 Å². The van der Waals surface area contributed by atoms with Crippen LogP contribution < -0.4 is 4.74 Å². The smallest absolute Gasteiger partial charge is 0.141 e. The van der Waals surface area contributed by atoms with Crippen LogP contribution in [-0.2, 0) is 6.54 Å². The number of para-hydroxylation sites is 2. The highest BCUT2D eigenvalue weighted by Gasteiger charge is 2.12. The molecule has 154 valence electrons. The summed E-state index contributed by atoms with van der Waals surface area (Å²) in [6.07, 6.45) is 2.00. The van der Waals surface area contributed by atoms with E-state index in [4.69, 9.17) is 9.72 Å². The molecule has 4 aromatic carbocycles. The average molecular weight is 471 g/mol. The number of aryl methyl sites for hydroxylation is 1. The third kappa shape index (κ3) is 4.21. The Hall–Kier alpha value is -3.11. The fourth-order valence-electron chi connectivity index (χ4n) is 4.03. The van der Waals surface area contributed by atoms with Crippen LogP contribution >= 0.6 is 15.9 Å². The summed E-state index contributed by atoms with van der Waals surface area (Å²) in [6.45, 7) is 1.61. The van der Waals surface area contributed by atoms with Gasteiger partial charge in [0, 0.05) is 22.0 Å². The molecule has 0 saturated heterocycles. The van der Waals surface area contributed by atoms with Crippen molar-refractivity contribution in [3.05, 3.63) is 95.5 Å². The Bertz CT molecular complexity index is 1340. The minimum atomic E-state index is 0.701. The lowest BCUT2D eigenvalue weighted by atomic mass is 10.1. The Morgan fingerprint density at radius 2 is 1.61 bits per heavy atom. The monoisotopic (exact) mass is 470 g/mol. The van der Waals surface area contributed by atoms with E-state index in [2.05, 4.69) is 99.4 Å². The molecule has 0 aliphatic rings. The van der Waals surface area contributed by atoms with Crippen molar-refractivity contribution >= 4 is 37.7 Å². The number of hydrogen-bond donors (Lipinski definition) is 0. The maximum atomic E-state index is 6.13. The molecule has 0 fully saturated rings. The normalized spacial score (nSPS) is 11.3. The first-order valence-electron chi connectivity index (χ1n) is 10.6. The van der Waals surface area contributed by atoms with Crippen LogP contribution in [0.5, 0.6) is 5.75 Å². The second kappa shape index (κ2) is 8.94. The maximum Gasteiger partial charge on any atom is 0.141 e. The second-order valence-corrected chi connectivity index (χ2v) is 8.53. The first-order valence-corrected chi connectivity index (χ1v) is 11.4. The standard InChI is InChI=1S/C27H23BrN2O/c28-22-12-7-11-21(19-22)27-29-24-14-3-4-15-25(24)30(27)17-5-6-18-31-26-16-8-10-20-9-1-2-13-23(20)26/h1-4,7-16,19H,5-6,17-18H2. The van der Waals surface area contributed by atoms with E-state index < -0.39 is 0 Å². The van der Waals surface area contributed by atoms with Gasteiger partial charge in [-0.3, -0.25) is 0 Å². The van der Waals surface area contributed by atoms with E-state index in [0.29, 0.717) is 6.61 Å². The number of hydrogen-bond acceptors (Lipinski definition) is 2. The molecule has 4 heteroatoms. The Kier molecular flexibility index (Phi) is 5.72. The highest BCUT2D eigenvalue weighted by Crippen LogP contribution is 2.28. The quantitative estimate of drug-likeness (QED) is 0.230. The lowest BCUT2D eigenvalue weighted by Gasteiger charge is -2.11. The molecule has 0 amide bonds. The highest BCUT2D eigenvalue weighted by molar-refractivity contribution is 9.10. The molecule has 3 nitrogen and oxygen atoms in total. The van der Waals surface area contributed by atoms with Gasteiger partial charge in [0.15, 0.2) is 0 Å². The summed E-state index contributed by atoms with van der Waals surface area (Å²) in [6, 6.07) is 31.3. The van der Waals surface area contributed by atoms with Gasteiger partial charge in [-0.1, -0.05) is 76.6 Å². The van der Waals surface area contributed by atoms with Crippen LogP contribution in [0.4, 0.5) is 0 Å². The molecule has 0 atom stereocenters. The van der Waals surface area contributed by atoms with Crippen molar-refractivity contribution in [2.45, 2.75) is 19.4 Å². The van der Waals surface area contributed by atoms with Crippen LogP contribution in [0.15, 0.2) is 95.5 Å². The molecular weight excluding hydrogens is 448 g/mol. The Labute approximate surface area is 190 Å². The van der Waals surface area contributed by atoms with Crippen molar-refractivity contribution in [1.29, 1.82) is 0 Å².